The smallest absolute Gasteiger partial charge is 0.264 e. The van der Waals surface area contributed by atoms with Crippen molar-refractivity contribution in [3.05, 3.63) is 0 Å². The Hall–Kier alpha value is -1.10. The van der Waals surface area contributed by atoms with Crippen LogP contribution in [0, 0.1) is 5.92 Å². The summed E-state index contributed by atoms with van der Waals surface area (Å²) in [7, 11) is 0. The highest BCUT2D eigenvalue weighted by atomic mass is 16.5. The van der Waals surface area contributed by atoms with Gasteiger partial charge in [0.1, 0.15) is 6.61 Å². The molecule has 0 saturated heterocycles. The van der Waals surface area contributed by atoms with Crippen molar-refractivity contribution >= 4 is 11.8 Å². The molecule has 0 aliphatic carbocycles. The molecule has 2 amide bonds. The van der Waals surface area contributed by atoms with Crippen LogP contribution >= 0.6 is 0 Å². The number of nitrogens with one attached hydrogen (secondary N) is 2. The number of hydrogen-bond donors (Lipinski definition) is 2. The molecule has 0 saturated carbocycles. The number of ether oxygens (including phenoxy) is 1. The van der Waals surface area contributed by atoms with Crippen LogP contribution < -0.4 is 10.9 Å². The van der Waals surface area contributed by atoms with Gasteiger partial charge in [-0.15, -0.1) is 0 Å². The van der Waals surface area contributed by atoms with E-state index in [4.69, 9.17) is 4.74 Å². The Morgan fingerprint density at radius 3 is 2.14 bits per heavy atom. The number of hydrogen-bond acceptors (Lipinski definition) is 3. The molecule has 0 fully saturated rings. The van der Waals surface area contributed by atoms with Gasteiger partial charge < -0.3 is 4.74 Å². The molecule has 0 rings (SSSR count). The van der Waals surface area contributed by atoms with Gasteiger partial charge in [-0.1, -0.05) is 13.8 Å². The average molecular weight is 202 g/mol. The van der Waals surface area contributed by atoms with Gasteiger partial charge in [-0.3, -0.25) is 20.4 Å². The van der Waals surface area contributed by atoms with Gasteiger partial charge in [-0.2, -0.15) is 0 Å². The van der Waals surface area contributed by atoms with Crippen LogP contribution in [0.5, 0.6) is 0 Å². The van der Waals surface area contributed by atoms with E-state index in [9.17, 15) is 9.59 Å². The van der Waals surface area contributed by atoms with E-state index < -0.39 is 0 Å². The molecule has 0 spiro atoms. The van der Waals surface area contributed by atoms with Crippen LogP contribution in [0.1, 0.15) is 27.7 Å². The van der Waals surface area contributed by atoms with E-state index in [-0.39, 0.29) is 30.4 Å². The molecule has 0 radical (unpaired) electrons. The Kier molecular flexibility index (Phi) is 5.87. The summed E-state index contributed by atoms with van der Waals surface area (Å²) in [6, 6.07) is 0. The van der Waals surface area contributed by atoms with Gasteiger partial charge in [0.05, 0.1) is 6.10 Å². The summed E-state index contributed by atoms with van der Waals surface area (Å²) in [6.45, 7) is 7.11. The third-order valence-corrected chi connectivity index (χ3v) is 1.40. The standard InChI is InChI=1S/C9H18N2O3/c1-6(2)9(13)11-10-8(12)5-14-7(3)4/h6-7H,5H2,1-4H3,(H,10,12)(H,11,13). The molecule has 0 atom stereocenters. The minimum atomic E-state index is -0.354. The Morgan fingerprint density at radius 1 is 1.14 bits per heavy atom. The first-order valence-corrected chi connectivity index (χ1v) is 4.63. The van der Waals surface area contributed by atoms with Crippen LogP contribution in [0.4, 0.5) is 0 Å². The van der Waals surface area contributed by atoms with Crippen molar-refractivity contribution in [2.45, 2.75) is 33.8 Å². The lowest BCUT2D eigenvalue weighted by atomic mass is 10.2. The minimum Gasteiger partial charge on any atom is -0.369 e. The van der Waals surface area contributed by atoms with E-state index in [1.165, 1.54) is 0 Å². The molecule has 14 heavy (non-hydrogen) atoms. The maximum Gasteiger partial charge on any atom is 0.264 e. The van der Waals surface area contributed by atoms with Gasteiger partial charge in [0.25, 0.3) is 5.91 Å². The molecule has 2 N–H and O–H groups in total. The van der Waals surface area contributed by atoms with Crippen molar-refractivity contribution in [3.63, 3.8) is 0 Å². The molecule has 5 nitrogen and oxygen atoms in total. The molecule has 0 bridgehead atoms. The molecular weight excluding hydrogens is 184 g/mol. The summed E-state index contributed by atoms with van der Waals surface area (Å²) in [5.41, 5.74) is 4.54. The monoisotopic (exact) mass is 202 g/mol. The molecule has 0 aromatic rings. The van der Waals surface area contributed by atoms with Crippen LogP contribution in [-0.4, -0.2) is 24.5 Å². The Bertz CT molecular complexity index is 202. The zero-order chi connectivity index (χ0) is 11.1. The minimum absolute atomic E-state index is 0.00144. The number of carbonyl (C=O) groups is 2. The first-order chi connectivity index (χ1) is 6.43. The van der Waals surface area contributed by atoms with Crippen LogP contribution in [0.3, 0.4) is 0 Å². The molecular formula is C9H18N2O3. The van der Waals surface area contributed by atoms with E-state index in [0.29, 0.717) is 0 Å². The van der Waals surface area contributed by atoms with Crippen molar-refractivity contribution in [2.75, 3.05) is 6.61 Å². The first-order valence-electron chi connectivity index (χ1n) is 4.63. The van der Waals surface area contributed by atoms with Crippen molar-refractivity contribution in [2.24, 2.45) is 5.92 Å². The Labute approximate surface area is 84.2 Å². The van der Waals surface area contributed by atoms with Crippen LogP contribution in [0.2, 0.25) is 0 Å². The lowest BCUT2D eigenvalue weighted by molar-refractivity contribution is -0.133. The summed E-state index contributed by atoms with van der Waals surface area (Å²) in [4.78, 5) is 22.0. The molecule has 0 aliphatic heterocycles. The summed E-state index contributed by atoms with van der Waals surface area (Å²) in [5.74, 6) is -0.725. The van der Waals surface area contributed by atoms with Gasteiger partial charge in [0.2, 0.25) is 5.91 Å². The maximum absolute atomic E-state index is 11.0. The number of rotatable bonds is 4. The highest BCUT2D eigenvalue weighted by Crippen LogP contribution is 1.89. The fourth-order valence-corrected chi connectivity index (χ4v) is 0.554. The highest BCUT2D eigenvalue weighted by Gasteiger charge is 2.08. The van der Waals surface area contributed by atoms with E-state index in [2.05, 4.69) is 10.9 Å². The second-order valence-corrected chi connectivity index (χ2v) is 3.55. The lowest BCUT2D eigenvalue weighted by Crippen LogP contribution is -2.45. The fraction of sp³-hybridized carbons (Fsp3) is 0.778. The van der Waals surface area contributed by atoms with Crippen molar-refractivity contribution in [3.8, 4) is 0 Å². The summed E-state index contributed by atoms with van der Waals surface area (Å²) < 4.78 is 5.03. The van der Waals surface area contributed by atoms with Gasteiger partial charge in [-0.25, -0.2) is 0 Å². The van der Waals surface area contributed by atoms with Crippen LogP contribution in [-0.2, 0) is 14.3 Å². The molecule has 5 heteroatoms. The molecule has 82 valence electrons. The topological polar surface area (TPSA) is 67.4 Å². The Balaban J connectivity index is 3.59. The number of amides is 2. The highest BCUT2D eigenvalue weighted by molar-refractivity contribution is 5.83. The second kappa shape index (κ2) is 6.37. The van der Waals surface area contributed by atoms with E-state index in [0.717, 1.165) is 0 Å². The summed E-state index contributed by atoms with van der Waals surface area (Å²) >= 11 is 0. The third-order valence-electron chi connectivity index (χ3n) is 1.40. The molecule has 0 aromatic heterocycles. The quantitative estimate of drug-likeness (QED) is 0.641. The van der Waals surface area contributed by atoms with E-state index in [1.807, 2.05) is 13.8 Å². The maximum atomic E-state index is 11.0. The largest absolute Gasteiger partial charge is 0.369 e. The molecule has 0 unspecified atom stereocenters. The molecule has 0 heterocycles. The normalized spacial score (nSPS) is 10.4. The Morgan fingerprint density at radius 2 is 1.71 bits per heavy atom. The predicted octanol–water partition coefficient (Wildman–Crippen LogP) is 0.215. The fourth-order valence-electron chi connectivity index (χ4n) is 0.554. The van der Waals surface area contributed by atoms with Crippen molar-refractivity contribution < 1.29 is 14.3 Å². The zero-order valence-electron chi connectivity index (χ0n) is 9.09. The second-order valence-electron chi connectivity index (χ2n) is 3.55. The van der Waals surface area contributed by atoms with Gasteiger partial charge >= 0.3 is 0 Å². The van der Waals surface area contributed by atoms with E-state index in [1.54, 1.807) is 13.8 Å². The first kappa shape index (κ1) is 12.9. The van der Waals surface area contributed by atoms with Crippen LogP contribution in [0.15, 0.2) is 0 Å². The lowest BCUT2D eigenvalue weighted by Gasteiger charge is -2.10. The third kappa shape index (κ3) is 6.42. The number of hydrazine groups is 1. The van der Waals surface area contributed by atoms with Crippen molar-refractivity contribution in [1.82, 2.24) is 10.9 Å². The van der Waals surface area contributed by atoms with Crippen LogP contribution in [0.25, 0.3) is 0 Å². The molecule has 0 aliphatic rings. The predicted molar refractivity (Wildman–Crippen MR) is 52.2 cm³/mol. The number of carbonyl (C=O) groups excluding carboxylic acids is 2. The van der Waals surface area contributed by atoms with Gasteiger partial charge in [-0.05, 0) is 13.8 Å². The van der Waals surface area contributed by atoms with Gasteiger partial charge in [0, 0.05) is 5.92 Å². The van der Waals surface area contributed by atoms with E-state index >= 15 is 0 Å². The summed E-state index contributed by atoms with van der Waals surface area (Å²) in [5, 5.41) is 0. The zero-order valence-corrected chi connectivity index (χ0v) is 9.09. The van der Waals surface area contributed by atoms with Gasteiger partial charge in [0.15, 0.2) is 0 Å². The molecule has 0 aromatic carbocycles. The van der Waals surface area contributed by atoms with Crippen molar-refractivity contribution in [1.29, 1.82) is 0 Å². The summed E-state index contributed by atoms with van der Waals surface area (Å²) in [6.07, 6.45) is 0.00144. The average Bonchev–Trinajstić information content (AvgIpc) is 2.10. The SMILES string of the molecule is CC(C)OCC(=O)NNC(=O)C(C)C.